The summed E-state index contributed by atoms with van der Waals surface area (Å²) in [6, 6.07) is 5.50. The molecule has 1 aromatic rings. The summed E-state index contributed by atoms with van der Waals surface area (Å²) in [4.78, 5) is 81.3. The molecule has 0 heterocycles. The van der Waals surface area contributed by atoms with E-state index in [1.807, 2.05) is 0 Å². The molecule has 214 valence electrons. The van der Waals surface area contributed by atoms with Crippen molar-refractivity contribution in [2.45, 2.75) is 94.9 Å². The molecule has 0 aromatic heterocycles. The van der Waals surface area contributed by atoms with Gasteiger partial charge in [0, 0.05) is 19.4 Å². The molecule has 0 bridgehead atoms. The molecule has 2 aliphatic rings. The summed E-state index contributed by atoms with van der Waals surface area (Å²) >= 11 is 0. The highest BCUT2D eigenvalue weighted by Crippen LogP contribution is 2.49. The number of rotatable bonds is 11. The van der Waals surface area contributed by atoms with Gasteiger partial charge in [0.2, 0.25) is 23.6 Å². The Balaban J connectivity index is 1.75. The maximum absolute atomic E-state index is 13.6. The smallest absolute Gasteiger partial charge is 0.338 e. The topological polar surface area (TPSA) is 188 Å². The van der Waals surface area contributed by atoms with Crippen LogP contribution in [0, 0.1) is 5.92 Å². The van der Waals surface area contributed by atoms with Crippen LogP contribution in [0.4, 0.5) is 0 Å². The number of nitrogens with one attached hydrogen (secondary N) is 3. The van der Waals surface area contributed by atoms with Crippen molar-refractivity contribution in [3.63, 3.8) is 0 Å². The molecule has 11 nitrogen and oxygen atoms in total. The lowest BCUT2D eigenvalue weighted by molar-refractivity contribution is -0.138. The first-order valence-corrected chi connectivity index (χ1v) is 15.5. The van der Waals surface area contributed by atoms with E-state index in [1.165, 1.54) is 6.92 Å². The standard InChI is InChI=1S/C27H39N4O7P/c1-18(33)29-23(15-19-9-11-20(12-10-19)16-39(37,38)17-32)25(35)31-27(13-5-2-6-14-27)26(36)30-22-8-4-3-7-21(22)24(28)34/h9-12,17,21-23,37-38H,2-8,13-16H2,1H3,(H4-,28,29,30,31,33,34,35,36)/p+1/t21-,22+,23-/m0/s1. The van der Waals surface area contributed by atoms with Gasteiger partial charge in [-0.05, 0) is 36.8 Å². The van der Waals surface area contributed by atoms with E-state index in [2.05, 4.69) is 16.0 Å². The van der Waals surface area contributed by atoms with Gasteiger partial charge in [-0.1, -0.05) is 56.4 Å². The Hall–Kier alpha value is -2.88. The van der Waals surface area contributed by atoms with Crippen molar-refractivity contribution < 1.29 is 33.8 Å². The number of carbonyl (C=O) groups is 5. The second-order valence-electron chi connectivity index (χ2n) is 10.8. The van der Waals surface area contributed by atoms with Crippen LogP contribution < -0.4 is 21.7 Å². The lowest BCUT2D eigenvalue weighted by Gasteiger charge is -2.40. The quantitative estimate of drug-likeness (QED) is 0.172. The predicted molar refractivity (Wildman–Crippen MR) is 147 cm³/mol. The lowest BCUT2D eigenvalue weighted by Crippen LogP contribution is -2.65. The van der Waals surface area contributed by atoms with Crippen molar-refractivity contribution >= 4 is 37.4 Å². The molecule has 0 unspecified atom stereocenters. The van der Waals surface area contributed by atoms with Crippen LogP contribution in [0.3, 0.4) is 0 Å². The molecule has 12 heteroatoms. The normalized spacial score (nSPS) is 21.7. The van der Waals surface area contributed by atoms with Crippen LogP contribution in [0.1, 0.15) is 75.8 Å². The number of carbonyl (C=O) groups excluding carboxylic acids is 5. The summed E-state index contributed by atoms with van der Waals surface area (Å²) in [5.74, 6) is -2.09. The molecule has 0 radical (unpaired) electrons. The third-order valence-corrected chi connectivity index (χ3v) is 8.86. The third-order valence-electron chi connectivity index (χ3n) is 7.69. The fourth-order valence-electron chi connectivity index (χ4n) is 5.61. The average Bonchev–Trinajstić information content (AvgIpc) is 2.89. The second kappa shape index (κ2) is 13.5. The number of hydrogen-bond donors (Lipinski definition) is 6. The van der Waals surface area contributed by atoms with Crippen molar-refractivity contribution in [3.8, 4) is 0 Å². The lowest BCUT2D eigenvalue weighted by atomic mass is 9.79. The van der Waals surface area contributed by atoms with Crippen LogP contribution in [0.15, 0.2) is 24.3 Å². The molecule has 4 amide bonds. The van der Waals surface area contributed by atoms with Crippen molar-refractivity contribution in [3.05, 3.63) is 35.4 Å². The molecule has 2 saturated carbocycles. The Morgan fingerprint density at radius 1 is 1.03 bits per heavy atom. The summed E-state index contributed by atoms with van der Waals surface area (Å²) in [5.41, 5.74) is 5.70. The molecule has 3 rings (SSSR count). The molecule has 0 spiro atoms. The van der Waals surface area contributed by atoms with Gasteiger partial charge in [-0.15, -0.1) is 0 Å². The minimum Gasteiger partial charge on any atom is -0.369 e. The molecule has 1 aromatic carbocycles. The zero-order valence-electron chi connectivity index (χ0n) is 22.4. The van der Waals surface area contributed by atoms with E-state index in [9.17, 15) is 33.8 Å². The van der Waals surface area contributed by atoms with Gasteiger partial charge in [-0.25, -0.2) is 9.79 Å². The monoisotopic (exact) mass is 563 g/mol. The fraction of sp³-hybridized carbons (Fsp3) is 0.593. The largest absolute Gasteiger partial charge is 0.369 e. The maximum Gasteiger partial charge on any atom is 0.338 e. The Morgan fingerprint density at radius 2 is 1.64 bits per heavy atom. The third kappa shape index (κ3) is 8.55. The van der Waals surface area contributed by atoms with Gasteiger partial charge in [0.05, 0.1) is 5.92 Å². The van der Waals surface area contributed by atoms with Gasteiger partial charge >= 0.3 is 13.7 Å². The van der Waals surface area contributed by atoms with Crippen LogP contribution in [0.2, 0.25) is 0 Å². The van der Waals surface area contributed by atoms with Gasteiger partial charge in [0.15, 0.2) is 0 Å². The van der Waals surface area contributed by atoms with Gasteiger partial charge in [-0.3, -0.25) is 24.0 Å². The Kier molecular flexibility index (Phi) is 10.6. The van der Waals surface area contributed by atoms with Crippen molar-refractivity contribution in [2.75, 3.05) is 0 Å². The molecule has 2 fully saturated rings. The summed E-state index contributed by atoms with van der Waals surface area (Å²) < 4.78 is 0. The zero-order chi connectivity index (χ0) is 28.6. The number of hydrogen-bond acceptors (Lipinski definition) is 7. The minimum atomic E-state index is -3.65. The van der Waals surface area contributed by atoms with Gasteiger partial charge in [-0.2, -0.15) is 0 Å². The van der Waals surface area contributed by atoms with E-state index in [4.69, 9.17) is 5.73 Å². The molecule has 39 heavy (non-hydrogen) atoms. The molecular weight excluding hydrogens is 523 g/mol. The fourth-order valence-corrected chi connectivity index (χ4v) is 6.44. The SMILES string of the molecule is CC(=O)N[C@@H](Cc1ccc(C[P+](O)(O)C=O)cc1)C(=O)NC1(C(=O)N[C@@H]2CCCC[C@@H]2C(N)=O)CCCCC1. The van der Waals surface area contributed by atoms with Gasteiger partial charge in [0.1, 0.15) is 17.7 Å². The first kappa shape index (κ1) is 30.7. The molecule has 3 atom stereocenters. The summed E-state index contributed by atoms with van der Waals surface area (Å²) in [5, 5.41) is 8.65. The van der Waals surface area contributed by atoms with E-state index in [1.54, 1.807) is 24.3 Å². The number of primary amides is 1. The minimum absolute atomic E-state index is 0.141. The van der Waals surface area contributed by atoms with Crippen molar-refractivity contribution in [1.82, 2.24) is 16.0 Å². The van der Waals surface area contributed by atoms with Crippen molar-refractivity contribution in [2.24, 2.45) is 11.7 Å². The van der Waals surface area contributed by atoms with Crippen LogP contribution in [-0.4, -0.2) is 57.1 Å². The van der Waals surface area contributed by atoms with Crippen molar-refractivity contribution in [1.29, 1.82) is 0 Å². The second-order valence-corrected chi connectivity index (χ2v) is 12.9. The molecular formula is C27H40N4O7P+. The Bertz CT molecular complexity index is 1060. The van der Waals surface area contributed by atoms with Gasteiger partial charge < -0.3 is 21.7 Å². The highest BCUT2D eigenvalue weighted by molar-refractivity contribution is 7.78. The first-order chi connectivity index (χ1) is 18.4. The Morgan fingerprint density at radius 3 is 2.23 bits per heavy atom. The predicted octanol–water partition coefficient (Wildman–Crippen LogP) is 1.24. The average molecular weight is 564 g/mol. The number of benzene rings is 1. The molecule has 0 aliphatic heterocycles. The first-order valence-electron chi connectivity index (χ1n) is 13.5. The maximum atomic E-state index is 13.6. The van der Waals surface area contributed by atoms with Gasteiger partial charge in [0.25, 0.3) is 0 Å². The van der Waals surface area contributed by atoms with E-state index < -0.39 is 42.9 Å². The van der Waals surface area contributed by atoms with E-state index in [0.29, 0.717) is 36.8 Å². The Labute approximate surface area is 229 Å². The molecule has 7 N–H and O–H groups in total. The highest BCUT2D eigenvalue weighted by Gasteiger charge is 2.44. The summed E-state index contributed by atoms with van der Waals surface area (Å²) in [6.45, 7) is 1.31. The number of amides is 4. The summed E-state index contributed by atoms with van der Waals surface area (Å²) in [7, 11) is -3.65. The van der Waals surface area contributed by atoms with Crippen LogP contribution >= 0.6 is 7.72 Å². The van der Waals surface area contributed by atoms with E-state index in [-0.39, 0.29) is 30.6 Å². The summed E-state index contributed by atoms with van der Waals surface area (Å²) in [6.07, 6.45) is 6.34. The highest BCUT2D eigenvalue weighted by atomic mass is 31.2. The van der Waals surface area contributed by atoms with Crippen LogP contribution in [-0.2, 0) is 36.6 Å². The van der Waals surface area contributed by atoms with E-state index >= 15 is 0 Å². The molecule has 0 saturated heterocycles. The van der Waals surface area contributed by atoms with Crippen LogP contribution in [0.5, 0.6) is 0 Å². The van der Waals surface area contributed by atoms with Crippen LogP contribution in [0.25, 0.3) is 0 Å². The number of nitrogens with two attached hydrogens (primary N) is 1. The zero-order valence-corrected chi connectivity index (χ0v) is 23.3. The van der Waals surface area contributed by atoms with E-state index in [0.717, 1.165) is 32.1 Å². The molecule has 2 aliphatic carbocycles.